The van der Waals surface area contributed by atoms with E-state index in [1.165, 1.54) is 6.92 Å². The van der Waals surface area contributed by atoms with Crippen LogP contribution in [0.2, 0.25) is 0 Å². The number of aliphatic hydroxyl groups excluding tert-OH is 2. The molecule has 0 unspecified atom stereocenters. The van der Waals surface area contributed by atoms with Crippen molar-refractivity contribution in [3.8, 4) is 0 Å². The van der Waals surface area contributed by atoms with Crippen LogP contribution in [-0.2, 0) is 9.53 Å². The van der Waals surface area contributed by atoms with E-state index in [0.29, 0.717) is 30.6 Å². The van der Waals surface area contributed by atoms with E-state index in [1.54, 1.807) is 0 Å². The number of rotatable bonds is 2. The molecule has 0 heterocycles. The fourth-order valence-electron chi connectivity index (χ4n) is 12.3. The van der Waals surface area contributed by atoms with Gasteiger partial charge in [-0.15, -0.1) is 0 Å². The summed E-state index contributed by atoms with van der Waals surface area (Å²) in [6.07, 6.45) is 6.37. The van der Waals surface area contributed by atoms with Crippen molar-refractivity contribution in [2.75, 3.05) is 0 Å². The highest BCUT2D eigenvalue weighted by Crippen LogP contribution is 2.78. The van der Waals surface area contributed by atoms with Crippen LogP contribution in [0.1, 0.15) is 114 Å². The van der Waals surface area contributed by atoms with Gasteiger partial charge in [0.05, 0.1) is 17.8 Å². The molecule has 5 aliphatic rings. The van der Waals surface area contributed by atoms with Crippen molar-refractivity contribution >= 4 is 5.97 Å². The molecule has 5 saturated carbocycles. The molecule has 5 aliphatic carbocycles. The first-order valence-corrected chi connectivity index (χ1v) is 15.1. The molecule has 5 fully saturated rings. The van der Waals surface area contributed by atoms with Crippen molar-refractivity contribution in [3.63, 3.8) is 0 Å². The molecule has 0 saturated heterocycles. The van der Waals surface area contributed by atoms with Gasteiger partial charge in [-0.05, 0) is 106 Å². The topological polar surface area (TPSA) is 87.0 Å². The van der Waals surface area contributed by atoms with E-state index in [1.807, 2.05) is 13.8 Å². The minimum atomic E-state index is -0.742. The Balaban J connectivity index is 1.55. The van der Waals surface area contributed by atoms with E-state index < -0.39 is 23.2 Å². The first-order chi connectivity index (χ1) is 16.9. The van der Waals surface area contributed by atoms with Gasteiger partial charge >= 0.3 is 5.97 Å². The first-order valence-electron chi connectivity index (χ1n) is 15.1. The van der Waals surface area contributed by atoms with Crippen LogP contribution >= 0.6 is 0 Å². The fourth-order valence-corrected chi connectivity index (χ4v) is 12.3. The van der Waals surface area contributed by atoms with Crippen molar-refractivity contribution in [3.05, 3.63) is 0 Å². The molecular weight excluding hydrogens is 464 g/mol. The molecule has 5 rings (SSSR count). The van der Waals surface area contributed by atoms with Gasteiger partial charge in [-0.2, -0.15) is 0 Å². The summed E-state index contributed by atoms with van der Waals surface area (Å²) in [6.45, 7) is 19.4. The highest BCUT2D eigenvalue weighted by molar-refractivity contribution is 5.66. The standard InChI is InChI=1S/C32H54O5/c1-18(33)37-26-13-15-30(7)22-11-10-21-29(6)14-12-19(28(4,5)36)20(29)16-24(34)31(21,8)32(22,9)25(35)17-23(30)27(26,2)3/h19-26,34-36H,10-17H2,1-9H3/t19-,20-,21+,22+,23-,24-,25-,26-,29-,30+,31-,32-/m0/s1. The van der Waals surface area contributed by atoms with Crippen molar-refractivity contribution in [1.29, 1.82) is 0 Å². The van der Waals surface area contributed by atoms with Gasteiger partial charge in [-0.25, -0.2) is 0 Å². The molecule has 0 aromatic carbocycles. The fraction of sp³-hybridized carbons (Fsp3) is 0.969. The summed E-state index contributed by atoms with van der Waals surface area (Å²) >= 11 is 0. The molecule has 0 bridgehead atoms. The molecule has 0 amide bonds. The Bertz CT molecular complexity index is 938. The van der Waals surface area contributed by atoms with E-state index in [9.17, 15) is 20.1 Å². The average Bonchev–Trinajstić information content (AvgIpc) is 3.11. The summed E-state index contributed by atoms with van der Waals surface area (Å²) < 4.78 is 5.84. The van der Waals surface area contributed by atoms with Gasteiger partial charge in [0, 0.05) is 23.2 Å². The average molecular weight is 519 g/mol. The van der Waals surface area contributed by atoms with Crippen molar-refractivity contribution in [2.24, 2.45) is 56.7 Å². The van der Waals surface area contributed by atoms with Gasteiger partial charge in [0.25, 0.3) is 0 Å². The van der Waals surface area contributed by atoms with Crippen molar-refractivity contribution in [2.45, 2.75) is 138 Å². The lowest BCUT2D eigenvalue weighted by Gasteiger charge is -2.75. The number of esters is 1. The number of fused-ring (bicyclic) bond motifs is 7. The maximum absolute atomic E-state index is 12.2. The quantitative estimate of drug-likeness (QED) is 0.406. The molecule has 5 heteroatoms. The second-order valence-corrected chi connectivity index (χ2v) is 16.2. The van der Waals surface area contributed by atoms with Crippen LogP contribution < -0.4 is 0 Å². The molecule has 0 aliphatic heterocycles. The van der Waals surface area contributed by atoms with Gasteiger partial charge in [0.2, 0.25) is 0 Å². The van der Waals surface area contributed by atoms with E-state index in [-0.39, 0.29) is 45.6 Å². The zero-order valence-corrected chi connectivity index (χ0v) is 24.9. The van der Waals surface area contributed by atoms with Crippen LogP contribution in [-0.4, -0.2) is 45.2 Å². The Hall–Kier alpha value is -0.650. The number of ether oxygens (including phenoxy) is 1. The Morgan fingerprint density at radius 3 is 1.84 bits per heavy atom. The minimum Gasteiger partial charge on any atom is -0.462 e. The van der Waals surface area contributed by atoms with Crippen LogP contribution in [0.5, 0.6) is 0 Å². The maximum Gasteiger partial charge on any atom is 0.302 e. The third-order valence-electron chi connectivity index (χ3n) is 14.3. The molecule has 37 heavy (non-hydrogen) atoms. The van der Waals surface area contributed by atoms with E-state index in [2.05, 4.69) is 41.5 Å². The molecule has 212 valence electrons. The van der Waals surface area contributed by atoms with Crippen LogP contribution in [0.3, 0.4) is 0 Å². The van der Waals surface area contributed by atoms with Crippen LogP contribution in [0, 0.1) is 56.7 Å². The normalized spacial score (nSPS) is 54.9. The van der Waals surface area contributed by atoms with Crippen molar-refractivity contribution in [1.82, 2.24) is 0 Å². The Morgan fingerprint density at radius 1 is 0.784 bits per heavy atom. The summed E-state index contributed by atoms with van der Waals surface area (Å²) in [6, 6.07) is 0. The lowest BCUT2D eigenvalue weighted by molar-refractivity contribution is -0.311. The van der Waals surface area contributed by atoms with Gasteiger partial charge in [-0.3, -0.25) is 4.79 Å². The first kappa shape index (κ1) is 27.9. The molecule has 0 aromatic heterocycles. The SMILES string of the molecule is CC(=O)O[C@H]1CC[C@]2(C)[C@H]3CC[C@@H]4[C@@]5(C)CC[C@H](C(C)(C)O)[C@@H]5C[C@H](O)[C@@]4(C)[C@]3(C)[C@@H](O)C[C@H]2C1(C)C. The predicted octanol–water partition coefficient (Wildman–Crippen LogP) is 5.73. The largest absolute Gasteiger partial charge is 0.462 e. The summed E-state index contributed by atoms with van der Waals surface area (Å²) in [4.78, 5) is 11.9. The molecular formula is C32H54O5. The molecule has 0 aromatic rings. The summed E-state index contributed by atoms with van der Waals surface area (Å²) in [5.74, 6) is 1.17. The molecule has 0 spiro atoms. The highest BCUT2D eigenvalue weighted by atomic mass is 16.5. The minimum absolute atomic E-state index is 0.0187. The van der Waals surface area contributed by atoms with Crippen LogP contribution in [0.25, 0.3) is 0 Å². The molecule has 12 atom stereocenters. The Kier molecular flexibility index (Phi) is 6.18. The lowest BCUT2D eigenvalue weighted by Crippen LogP contribution is -2.74. The van der Waals surface area contributed by atoms with E-state index >= 15 is 0 Å². The maximum atomic E-state index is 12.2. The second kappa shape index (κ2) is 8.19. The summed E-state index contributed by atoms with van der Waals surface area (Å²) in [5.41, 5.74) is -1.66. The molecule has 5 nitrogen and oxygen atoms in total. The van der Waals surface area contributed by atoms with Crippen LogP contribution in [0.15, 0.2) is 0 Å². The molecule has 3 N–H and O–H groups in total. The van der Waals surface area contributed by atoms with Crippen LogP contribution in [0.4, 0.5) is 0 Å². The number of hydrogen-bond donors (Lipinski definition) is 3. The van der Waals surface area contributed by atoms with E-state index in [0.717, 1.165) is 38.5 Å². The summed E-state index contributed by atoms with van der Waals surface area (Å²) in [7, 11) is 0. The van der Waals surface area contributed by atoms with Crippen molar-refractivity contribution < 1.29 is 24.9 Å². The molecule has 0 radical (unpaired) electrons. The van der Waals surface area contributed by atoms with E-state index in [4.69, 9.17) is 4.74 Å². The number of hydrogen-bond acceptors (Lipinski definition) is 5. The smallest absolute Gasteiger partial charge is 0.302 e. The third-order valence-corrected chi connectivity index (χ3v) is 14.3. The summed E-state index contributed by atoms with van der Waals surface area (Å²) in [5, 5.41) is 35.3. The van der Waals surface area contributed by atoms with Gasteiger partial charge < -0.3 is 20.1 Å². The van der Waals surface area contributed by atoms with Gasteiger partial charge in [-0.1, -0.05) is 41.5 Å². The highest BCUT2D eigenvalue weighted by Gasteiger charge is 2.75. The monoisotopic (exact) mass is 518 g/mol. The number of carbonyl (C=O) groups excluding carboxylic acids is 1. The third kappa shape index (κ3) is 3.41. The van der Waals surface area contributed by atoms with Gasteiger partial charge in [0.1, 0.15) is 6.10 Å². The van der Waals surface area contributed by atoms with Gasteiger partial charge in [0.15, 0.2) is 0 Å². The number of carbonyl (C=O) groups is 1. The predicted molar refractivity (Wildman–Crippen MR) is 144 cm³/mol. The Morgan fingerprint density at radius 2 is 1.30 bits per heavy atom. The lowest BCUT2D eigenvalue weighted by atomic mass is 9.30. The number of aliphatic hydroxyl groups is 3. The zero-order chi connectivity index (χ0) is 27.6. The zero-order valence-electron chi connectivity index (χ0n) is 24.9. The Labute approximate surface area is 225 Å². The second-order valence-electron chi connectivity index (χ2n) is 16.2.